The molecule has 10 nitrogen and oxygen atoms in total. The molecule has 1 aromatic heterocycles. The quantitative estimate of drug-likeness (QED) is 0.278. The number of aryl methyl sites for hydroxylation is 3. The number of carboxylic acids is 2. The lowest BCUT2D eigenvalue weighted by Gasteiger charge is -2.22. The highest BCUT2D eigenvalue weighted by atomic mass is 16.7. The lowest BCUT2D eigenvalue weighted by Crippen LogP contribution is -2.33. The van der Waals surface area contributed by atoms with Gasteiger partial charge in [0.1, 0.15) is 24.8 Å². The van der Waals surface area contributed by atoms with Crippen LogP contribution in [0.3, 0.4) is 0 Å². The fourth-order valence-electron chi connectivity index (χ4n) is 5.39. The van der Waals surface area contributed by atoms with Crippen molar-refractivity contribution in [3.05, 3.63) is 74.1 Å². The number of aliphatic carboxylic acids is 2. The van der Waals surface area contributed by atoms with E-state index in [1.54, 1.807) is 13.2 Å². The van der Waals surface area contributed by atoms with Gasteiger partial charge in [0.25, 0.3) is 5.56 Å². The first-order chi connectivity index (χ1) is 19.0. The number of aromatic nitrogens is 1. The zero-order valence-corrected chi connectivity index (χ0v) is 23.6. The summed E-state index contributed by atoms with van der Waals surface area (Å²) in [5.74, 6) is -2.09. The number of rotatable bonds is 10. The van der Waals surface area contributed by atoms with Crippen molar-refractivity contribution in [3.63, 3.8) is 0 Å². The van der Waals surface area contributed by atoms with Crippen LogP contribution in [-0.2, 0) is 35.3 Å². The minimum absolute atomic E-state index is 0.285. The number of aliphatic hydroxyl groups excluding tert-OH is 1. The zero-order chi connectivity index (χ0) is 29.6. The average Bonchev–Trinajstić information content (AvgIpc) is 3.31. The van der Waals surface area contributed by atoms with Gasteiger partial charge < -0.3 is 30.2 Å². The van der Waals surface area contributed by atoms with E-state index in [4.69, 9.17) is 19.8 Å². The molecular weight excluding hydrogens is 516 g/mol. The minimum Gasteiger partial charge on any atom is -0.494 e. The molecule has 1 atom stereocenters. The summed E-state index contributed by atoms with van der Waals surface area (Å²) in [6.45, 7) is 6.81. The monoisotopic (exact) mass is 554 g/mol. The van der Waals surface area contributed by atoms with Crippen molar-refractivity contribution >= 4 is 22.8 Å². The first kappa shape index (κ1) is 30.6. The van der Waals surface area contributed by atoms with Gasteiger partial charge in [0.15, 0.2) is 0 Å². The largest absolute Gasteiger partial charge is 0.494 e. The molecule has 216 valence electrons. The summed E-state index contributed by atoms with van der Waals surface area (Å²) >= 11 is 0. The molecule has 4 N–H and O–H groups in total. The molecule has 4 rings (SSSR count). The van der Waals surface area contributed by atoms with E-state index in [-0.39, 0.29) is 5.56 Å². The Morgan fingerprint density at radius 2 is 1.60 bits per heavy atom. The van der Waals surface area contributed by atoms with Crippen molar-refractivity contribution in [1.82, 2.24) is 10.0 Å². The maximum atomic E-state index is 12.3. The molecule has 0 saturated heterocycles. The van der Waals surface area contributed by atoms with E-state index in [1.165, 1.54) is 40.2 Å². The maximum absolute atomic E-state index is 12.3. The van der Waals surface area contributed by atoms with E-state index < -0.39 is 24.5 Å². The van der Waals surface area contributed by atoms with Crippen LogP contribution in [0.1, 0.15) is 59.8 Å². The second-order valence-corrected chi connectivity index (χ2v) is 9.81. The lowest BCUT2D eigenvalue weighted by atomic mass is 9.96. The van der Waals surface area contributed by atoms with E-state index in [2.05, 4.69) is 31.3 Å². The van der Waals surface area contributed by atoms with Crippen LogP contribution >= 0.6 is 0 Å². The summed E-state index contributed by atoms with van der Waals surface area (Å²) in [5.41, 5.74) is 7.67. The fourth-order valence-corrected chi connectivity index (χ4v) is 5.39. The summed E-state index contributed by atoms with van der Waals surface area (Å²) < 4.78 is 6.73. The molecular formula is C30H38N2O8. The van der Waals surface area contributed by atoms with E-state index in [1.807, 2.05) is 13.0 Å². The average molecular weight is 555 g/mol. The van der Waals surface area contributed by atoms with Gasteiger partial charge in [-0.05, 0) is 78.1 Å². The van der Waals surface area contributed by atoms with Gasteiger partial charge in [0.2, 0.25) is 0 Å². The van der Waals surface area contributed by atoms with Crippen LogP contribution in [0.15, 0.2) is 35.1 Å². The summed E-state index contributed by atoms with van der Waals surface area (Å²) in [7, 11) is 3.01. The van der Waals surface area contributed by atoms with Crippen molar-refractivity contribution in [1.29, 1.82) is 0 Å². The zero-order valence-electron chi connectivity index (χ0n) is 23.6. The van der Waals surface area contributed by atoms with Crippen LogP contribution in [0.5, 0.6) is 5.75 Å². The van der Waals surface area contributed by atoms with Crippen LogP contribution in [-0.4, -0.2) is 58.8 Å². The molecule has 0 spiro atoms. The number of carboxylic acid groups (broad SMARTS) is 2. The highest BCUT2D eigenvalue weighted by Crippen LogP contribution is 2.34. The van der Waals surface area contributed by atoms with E-state index >= 15 is 0 Å². The number of carbonyl (C=O) groups is 2. The van der Waals surface area contributed by atoms with Crippen LogP contribution < -0.4 is 20.5 Å². The van der Waals surface area contributed by atoms with Crippen LogP contribution in [0.2, 0.25) is 0 Å². The van der Waals surface area contributed by atoms with E-state index in [0.717, 1.165) is 42.2 Å². The van der Waals surface area contributed by atoms with Gasteiger partial charge in [-0.2, -0.15) is 0 Å². The molecule has 0 fully saturated rings. The van der Waals surface area contributed by atoms with Crippen molar-refractivity contribution in [3.8, 4) is 5.75 Å². The summed E-state index contributed by atoms with van der Waals surface area (Å²) in [6.07, 6.45) is 2.53. The predicted octanol–water partition coefficient (Wildman–Crippen LogP) is 2.84. The Morgan fingerprint density at radius 1 is 1.02 bits per heavy atom. The Labute approximate surface area is 233 Å². The standard InChI is InChI=1S/C27H34N2O4.C3H4O4/c1-6-17-11-19-13-21(14-20(19)12-18(17)7-2)28-15-23(30)26-16(3)10-24(32-4)27-22(26)8-9-25(31)29(27)33-5;4-2(5)1-3(6)7/h8-12,21,23,28,30H,6-7,13-15H2,1-5H3;1H2,(H,4,5)(H,6,7). The van der Waals surface area contributed by atoms with Gasteiger partial charge in [0.05, 0.1) is 13.2 Å². The predicted molar refractivity (Wildman–Crippen MR) is 151 cm³/mol. The third kappa shape index (κ3) is 6.81. The Hall–Kier alpha value is -3.89. The third-order valence-electron chi connectivity index (χ3n) is 7.20. The molecule has 40 heavy (non-hydrogen) atoms. The van der Waals surface area contributed by atoms with Crippen molar-refractivity contribution in [2.45, 2.75) is 65.0 Å². The molecule has 1 aliphatic rings. The molecule has 1 unspecified atom stereocenters. The van der Waals surface area contributed by atoms with Crippen LogP contribution in [0.25, 0.3) is 10.9 Å². The van der Waals surface area contributed by atoms with Crippen LogP contribution in [0, 0.1) is 6.92 Å². The van der Waals surface area contributed by atoms with Crippen molar-refractivity contribution in [2.75, 3.05) is 20.8 Å². The highest BCUT2D eigenvalue weighted by Gasteiger charge is 2.25. The van der Waals surface area contributed by atoms with Crippen molar-refractivity contribution < 1.29 is 34.5 Å². The number of pyridine rings is 1. The highest BCUT2D eigenvalue weighted by molar-refractivity contribution is 5.89. The maximum Gasteiger partial charge on any atom is 0.314 e. The van der Waals surface area contributed by atoms with E-state index in [9.17, 15) is 19.5 Å². The second-order valence-electron chi connectivity index (χ2n) is 9.81. The third-order valence-corrected chi connectivity index (χ3v) is 7.20. The molecule has 1 heterocycles. The van der Waals surface area contributed by atoms with Gasteiger partial charge in [-0.3, -0.25) is 14.4 Å². The smallest absolute Gasteiger partial charge is 0.314 e. The number of nitrogens with zero attached hydrogens (tertiary/aromatic N) is 1. The number of methoxy groups -OCH3 is 1. The van der Waals surface area contributed by atoms with Gasteiger partial charge in [-0.15, -0.1) is 4.73 Å². The molecule has 0 saturated carbocycles. The minimum atomic E-state index is -1.31. The van der Waals surface area contributed by atoms with Crippen molar-refractivity contribution in [2.24, 2.45) is 0 Å². The Kier molecular flexibility index (Phi) is 10.3. The first-order valence-electron chi connectivity index (χ1n) is 13.3. The molecule has 0 amide bonds. The Balaban J connectivity index is 0.000000559. The topological polar surface area (TPSA) is 147 Å². The number of fused-ring (bicyclic) bond motifs is 2. The molecule has 3 aromatic rings. The summed E-state index contributed by atoms with van der Waals surface area (Å²) in [6, 6.07) is 10.1. The number of hydrogen-bond acceptors (Lipinski definition) is 7. The first-order valence-corrected chi connectivity index (χ1v) is 13.3. The van der Waals surface area contributed by atoms with E-state index in [0.29, 0.717) is 23.9 Å². The number of benzene rings is 2. The van der Waals surface area contributed by atoms with Gasteiger partial charge in [-0.25, -0.2) is 0 Å². The van der Waals surface area contributed by atoms with Crippen LogP contribution in [0.4, 0.5) is 0 Å². The lowest BCUT2D eigenvalue weighted by molar-refractivity contribution is -0.147. The summed E-state index contributed by atoms with van der Waals surface area (Å²) in [4.78, 5) is 36.5. The number of nitrogens with one attached hydrogen (secondary N) is 1. The molecule has 1 aliphatic carbocycles. The molecule has 0 bridgehead atoms. The van der Waals surface area contributed by atoms with Gasteiger partial charge in [0, 0.05) is 24.0 Å². The molecule has 10 heteroatoms. The van der Waals surface area contributed by atoms with Gasteiger partial charge >= 0.3 is 11.9 Å². The number of hydrogen-bond donors (Lipinski definition) is 4. The second kappa shape index (κ2) is 13.5. The number of ether oxygens (including phenoxy) is 1. The number of aliphatic hydroxyl groups is 1. The molecule has 0 radical (unpaired) electrons. The Morgan fingerprint density at radius 3 is 2.05 bits per heavy atom. The van der Waals surface area contributed by atoms with Gasteiger partial charge in [-0.1, -0.05) is 26.0 Å². The Bertz CT molecular complexity index is 1400. The molecule has 2 aromatic carbocycles. The fraction of sp³-hybridized carbons (Fsp3) is 0.433. The molecule has 0 aliphatic heterocycles. The normalized spacial score (nSPS) is 13.3. The summed E-state index contributed by atoms with van der Waals surface area (Å²) in [5, 5.41) is 30.9. The SMILES string of the molecule is CCc1cc2c(cc1CC)CC(NCC(O)c1c(C)cc(OC)c3c1ccc(=O)n3OC)C2.O=C(O)CC(=O)O.